The standard InChI is InChI=1S/C19H21NO4/c1-14-9-10-16(19(22)23)12-17(14)20-18(21)8-5-11-24-13-15-6-3-2-4-7-15/h2-4,6-7,9-10,12H,5,8,11,13H2,1H3,(H,20,21)(H,22,23). The second kappa shape index (κ2) is 8.84. The van der Waals surface area contributed by atoms with Crippen LogP contribution in [0.4, 0.5) is 5.69 Å². The van der Waals surface area contributed by atoms with Gasteiger partial charge in [-0.1, -0.05) is 36.4 Å². The van der Waals surface area contributed by atoms with Gasteiger partial charge in [0.2, 0.25) is 5.91 Å². The number of aromatic carboxylic acids is 1. The summed E-state index contributed by atoms with van der Waals surface area (Å²) in [6.45, 7) is 2.85. The second-order valence-electron chi connectivity index (χ2n) is 5.52. The highest BCUT2D eigenvalue weighted by Crippen LogP contribution is 2.17. The van der Waals surface area contributed by atoms with E-state index in [9.17, 15) is 9.59 Å². The van der Waals surface area contributed by atoms with Crippen molar-refractivity contribution in [1.82, 2.24) is 0 Å². The average Bonchev–Trinajstić information content (AvgIpc) is 2.57. The molecule has 24 heavy (non-hydrogen) atoms. The summed E-state index contributed by atoms with van der Waals surface area (Å²) < 4.78 is 5.54. The maximum Gasteiger partial charge on any atom is 0.335 e. The third kappa shape index (κ3) is 5.52. The van der Waals surface area contributed by atoms with E-state index in [0.717, 1.165) is 11.1 Å². The number of carboxylic acids is 1. The Balaban J connectivity index is 1.73. The van der Waals surface area contributed by atoms with E-state index in [2.05, 4.69) is 5.32 Å². The molecule has 0 aliphatic rings. The molecule has 126 valence electrons. The average molecular weight is 327 g/mol. The van der Waals surface area contributed by atoms with Crippen molar-refractivity contribution in [1.29, 1.82) is 0 Å². The molecule has 0 saturated carbocycles. The van der Waals surface area contributed by atoms with Crippen molar-refractivity contribution in [2.24, 2.45) is 0 Å². The summed E-state index contributed by atoms with van der Waals surface area (Å²) in [5.74, 6) is -1.16. The number of carbonyl (C=O) groups is 2. The highest BCUT2D eigenvalue weighted by Gasteiger charge is 2.09. The molecule has 0 saturated heterocycles. The Labute approximate surface area is 141 Å². The molecule has 2 aromatic rings. The minimum atomic E-state index is -1.01. The van der Waals surface area contributed by atoms with Crippen LogP contribution in [-0.2, 0) is 16.1 Å². The fourth-order valence-corrected chi connectivity index (χ4v) is 2.20. The number of hydrogen-bond donors (Lipinski definition) is 2. The van der Waals surface area contributed by atoms with Gasteiger partial charge >= 0.3 is 5.97 Å². The van der Waals surface area contributed by atoms with Crippen LogP contribution in [0.25, 0.3) is 0 Å². The van der Waals surface area contributed by atoms with Crippen LogP contribution in [0.15, 0.2) is 48.5 Å². The van der Waals surface area contributed by atoms with Gasteiger partial charge in [-0.2, -0.15) is 0 Å². The third-order valence-corrected chi connectivity index (χ3v) is 3.56. The molecular formula is C19H21NO4. The Bertz CT molecular complexity index is 698. The summed E-state index contributed by atoms with van der Waals surface area (Å²) in [5, 5.41) is 11.8. The number of carbonyl (C=O) groups excluding carboxylic acids is 1. The molecule has 2 aromatic carbocycles. The normalized spacial score (nSPS) is 10.4. The highest BCUT2D eigenvalue weighted by molar-refractivity contribution is 5.94. The number of amides is 1. The molecule has 5 nitrogen and oxygen atoms in total. The van der Waals surface area contributed by atoms with Crippen molar-refractivity contribution in [2.45, 2.75) is 26.4 Å². The maximum atomic E-state index is 12.0. The van der Waals surface area contributed by atoms with Crippen LogP contribution in [0.5, 0.6) is 0 Å². The van der Waals surface area contributed by atoms with E-state index < -0.39 is 5.97 Å². The fraction of sp³-hybridized carbons (Fsp3) is 0.263. The highest BCUT2D eigenvalue weighted by atomic mass is 16.5. The fourth-order valence-electron chi connectivity index (χ4n) is 2.20. The zero-order valence-corrected chi connectivity index (χ0v) is 13.6. The van der Waals surface area contributed by atoms with Crippen LogP contribution in [0, 0.1) is 6.92 Å². The molecule has 1 amide bonds. The number of carboxylic acid groups (broad SMARTS) is 1. The summed E-state index contributed by atoms with van der Waals surface area (Å²) in [5.41, 5.74) is 2.61. The lowest BCUT2D eigenvalue weighted by atomic mass is 10.1. The van der Waals surface area contributed by atoms with Gasteiger partial charge in [0.05, 0.1) is 12.2 Å². The Hall–Kier alpha value is -2.66. The SMILES string of the molecule is Cc1ccc(C(=O)O)cc1NC(=O)CCCOCc1ccccc1. The second-order valence-corrected chi connectivity index (χ2v) is 5.52. The molecule has 0 spiro atoms. The lowest BCUT2D eigenvalue weighted by Gasteiger charge is -2.09. The molecule has 0 aromatic heterocycles. The van der Waals surface area contributed by atoms with Crippen molar-refractivity contribution in [3.63, 3.8) is 0 Å². The molecule has 0 bridgehead atoms. The molecule has 2 N–H and O–H groups in total. The predicted octanol–water partition coefficient (Wildman–Crippen LogP) is 3.63. The zero-order valence-electron chi connectivity index (χ0n) is 13.6. The van der Waals surface area contributed by atoms with Crippen molar-refractivity contribution in [3.05, 3.63) is 65.2 Å². The molecule has 2 rings (SSSR count). The number of nitrogens with one attached hydrogen (secondary N) is 1. The molecule has 0 radical (unpaired) electrons. The van der Waals surface area contributed by atoms with Crippen molar-refractivity contribution in [2.75, 3.05) is 11.9 Å². The van der Waals surface area contributed by atoms with Crippen molar-refractivity contribution in [3.8, 4) is 0 Å². The van der Waals surface area contributed by atoms with Crippen LogP contribution >= 0.6 is 0 Å². The molecule has 0 aliphatic heterocycles. The third-order valence-electron chi connectivity index (χ3n) is 3.56. The summed E-state index contributed by atoms with van der Waals surface area (Å²) in [4.78, 5) is 22.9. The largest absolute Gasteiger partial charge is 0.478 e. The Morgan fingerprint density at radius 3 is 2.58 bits per heavy atom. The minimum absolute atomic E-state index is 0.149. The smallest absolute Gasteiger partial charge is 0.335 e. The molecule has 0 unspecified atom stereocenters. The van der Waals surface area contributed by atoms with Gasteiger partial charge in [0.25, 0.3) is 0 Å². The van der Waals surface area contributed by atoms with E-state index in [4.69, 9.17) is 9.84 Å². The van der Waals surface area contributed by atoms with Crippen LogP contribution in [0.1, 0.15) is 34.3 Å². The molecule has 0 atom stereocenters. The van der Waals surface area contributed by atoms with Crippen LogP contribution in [0.2, 0.25) is 0 Å². The first-order chi connectivity index (χ1) is 11.6. The zero-order chi connectivity index (χ0) is 17.4. The van der Waals surface area contributed by atoms with Gasteiger partial charge in [-0.05, 0) is 36.6 Å². The number of ether oxygens (including phenoxy) is 1. The summed E-state index contributed by atoms with van der Waals surface area (Å²) in [6.07, 6.45) is 0.932. The topological polar surface area (TPSA) is 75.6 Å². The molecule has 5 heteroatoms. The van der Waals surface area contributed by atoms with Gasteiger partial charge in [0.15, 0.2) is 0 Å². The van der Waals surface area contributed by atoms with E-state index >= 15 is 0 Å². The van der Waals surface area contributed by atoms with Gasteiger partial charge in [-0.25, -0.2) is 4.79 Å². The van der Waals surface area contributed by atoms with Gasteiger partial charge in [-0.3, -0.25) is 4.79 Å². The predicted molar refractivity (Wildman–Crippen MR) is 92.1 cm³/mol. The quantitative estimate of drug-likeness (QED) is 0.726. The Kier molecular flexibility index (Phi) is 6.51. The molecule has 0 fully saturated rings. The maximum absolute atomic E-state index is 12.0. The number of aryl methyl sites for hydroxylation is 1. The number of rotatable bonds is 8. The van der Waals surface area contributed by atoms with Gasteiger partial charge < -0.3 is 15.2 Å². The monoisotopic (exact) mass is 327 g/mol. The molecule has 0 aliphatic carbocycles. The molecule has 0 heterocycles. The van der Waals surface area contributed by atoms with Crippen molar-refractivity contribution < 1.29 is 19.4 Å². The summed E-state index contributed by atoms with van der Waals surface area (Å²) in [7, 11) is 0. The van der Waals surface area contributed by atoms with E-state index in [1.165, 1.54) is 12.1 Å². The first kappa shape index (κ1) is 17.7. The van der Waals surface area contributed by atoms with E-state index in [0.29, 0.717) is 31.7 Å². The lowest BCUT2D eigenvalue weighted by Crippen LogP contribution is -2.13. The van der Waals surface area contributed by atoms with Crippen LogP contribution in [-0.4, -0.2) is 23.6 Å². The number of benzene rings is 2. The number of hydrogen-bond acceptors (Lipinski definition) is 3. The summed E-state index contributed by atoms with van der Waals surface area (Å²) >= 11 is 0. The van der Waals surface area contributed by atoms with E-state index in [1.807, 2.05) is 37.3 Å². The van der Waals surface area contributed by atoms with Gasteiger partial charge in [0, 0.05) is 18.7 Å². The van der Waals surface area contributed by atoms with Gasteiger partial charge in [-0.15, -0.1) is 0 Å². The van der Waals surface area contributed by atoms with Crippen LogP contribution < -0.4 is 5.32 Å². The van der Waals surface area contributed by atoms with E-state index in [1.54, 1.807) is 6.07 Å². The van der Waals surface area contributed by atoms with Crippen LogP contribution in [0.3, 0.4) is 0 Å². The number of anilines is 1. The summed E-state index contributed by atoms with van der Waals surface area (Å²) in [6, 6.07) is 14.5. The van der Waals surface area contributed by atoms with Crippen molar-refractivity contribution >= 4 is 17.6 Å². The van der Waals surface area contributed by atoms with Gasteiger partial charge in [0.1, 0.15) is 0 Å². The first-order valence-corrected chi connectivity index (χ1v) is 7.82. The lowest BCUT2D eigenvalue weighted by molar-refractivity contribution is -0.116. The molecular weight excluding hydrogens is 306 g/mol. The Morgan fingerprint density at radius 1 is 1.12 bits per heavy atom. The van der Waals surface area contributed by atoms with E-state index in [-0.39, 0.29) is 11.5 Å². The first-order valence-electron chi connectivity index (χ1n) is 7.82. The minimum Gasteiger partial charge on any atom is -0.478 e. The Morgan fingerprint density at radius 2 is 1.88 bits per heavy atom.